The Morgan fingerprint density at radius 2 is 1.61 bits per heavy atom. The molecule has 0 atom stereocenters. The smallest absolute Gasteiger partial charge is 0.252 e. The van der Waals surface area contributed by atoms with Crippen LogP contribution in [0.4, 0.5) is 0 Å². The maximum Gasteiger partial charge on any atom is 0.252 e. The normalized spacial score (nSPS) is 34.7. The number of carbonyl (C=O) groups is 1. The first-order valence-corrected chi connectivity index (χ1v) is 12.2. The van der Waals surface area contributed by atoms with Crippen molar-refractivity contribution in [3.63, 3.8) is 0 Å². The van der Waals surface area contributed by atoms with Crippen LogP contribution in [0.5, 0.6) is 0 Å². The summed E-state index contributed by atoms with van der Waals surface area (Å²) < 4.78 is 27.4. The summed E-state index contributed by atoms with van der Waals surface area (Å²) in [4.78, 5) is 13.5. The number of nitrogens with one attached hydrogen (secondary N) is 1. The van der Waals surface area contributed by atoms with Crippen LogP contribution in [0.15, 0.2) is 23.1 Å². The summed E-state index contributed by atoms with van der Waals surface area (Å²) >= 11 is 0. The van der Waals surface area contributed by atoms with E-state index in [0.717, 1.165) is 55.4 Å². The summed E-state index contributed by atoms with van der Waals surface area (Å²) in [6.45, 7) is 3.04. The van der Waals surface area contributed by atoms with Gasteiger partial charge in [-0.2, -0.15) is 4.31 Å². The molecule has 1 N–H and O–H groups in total. The summed E-state index contributed by atoms with van der Waals surface area (Å²) in [5.41, 5.74) is 1.28. The van der Waals surface area contributed by atoms with Crippen molar-refractivity contribution >= 4 is 15.9 Å². The quantitative estimate of drug-likeness (QED) is 0.838. The van der Waals surface area contributed by atoms with Crippen molar-refractivity contribution in [2.24, 2.45) is 17.8 Å². The molecule has 1 amide bonds. The van der Waals surface area contributed by atoms with Gasteiger partial charge in [-0.25, -0.2) is 8.42 Å². The first-order chi connectivity index (χ1) is 13.3. The Balaban J connectivity index is 1.41. The van der Waals surface area contributed by atoms with E-state index in [4.69, 9.17) is 0 Å². The lowest BCUT2D eigenvalue weighted by molar-refractivity contribution is -0.0167. The summed E-state index contributed by atoms with van der Waals surface area (Å²) in [5, 5.41) is 3.38. The fourth-order valence-electron chi connectivity index (χ4n) is 6.66. The molecule has 0 aromatic heterocycles. The second-order valence-corrected chi connectivity index (χ2v) is 11.7. The standard InChI is InChI=1S/C22H30N2O3S/c1-15-4-5-19(28(26,27)24-6-2-3-7-24)11-20(15)21(25)23-22-12-16-8-17(13-22)10-18(9-16)14-22/h4-5,11,16-18H,2-3,6-10,12-14H2,1H3,(H,23,25). The maximum atomic E-state index is 13.2. The van der Waals surface area contributed by atoms with E-state index in [1.54, 1.807) is 22.5 Å². The van der Waals surface area contributed by atoms with Crippen LogP contribution < -0.4 is 5.32 Å². The molecule has 1 saturated heterocycles. The second kappa shape index (κ2) is 6.56. The Labute approximate surface area is 167 Å². The van der Waals surface area contributed by atoms with Crippen LogP contribution in [-0.2, 0) is 10.0 Å². The van der Waals surface area contributed by atoms with Crippen LogP contribution >= 0.6 is 0 Å². The minimum atomic E-state index is -3.51. The molecular weight excluding hydrogens is 372 g/mol. The molecule has 0 radical (unpaired) electrons. The third kappa shape index (κ3) is 3.09. The van der Waals surface area contributed by atoms with Gasteiger partial charge in [-0.05, 0) is 93.7 Å². The third-order valence-corrected chi connectivity index (χ3v) is 9.47. The fourth-order valence-corrected chi connectivity index (χ4v) is 8.20. The van der Waals surface area contributed by atoms with Gasteiger partial charge in [-0.3, -0.25) is 4.79 Å². The van der Waals surface area contributed by atoms with Gasteiger partial charge in [0, 0.05) is 24.2 Å². The van der Waals surface area contributed by atoms with Crippen molar-refractivity contribution in [3.8, 4) is 0 Å². The number of aryl methyl sites for hydroxylation is 1. The summed E-state index contributed by atoms with van der Waals surface area (Å²) in [7, 11) is -3.51. The van der Waals surface area contributed by atoms with E-state index in [0.29, 0.717) is 18.7 Å². The van der Waals surface area contributed by atoms with Gasteiger partial charge in [0.15, 0.2) is 0 Å². The largest absolute Gasteiger partial charge is 0.347 e. The van der Waals surface area contributed by atoms with Gasteiger partial charge in [-0.15, -0.1) is 0 Å². The molecule has 6 heteroatoms. The van der Waals surface area contributed by atoms with Gasteiger partial charge in [-0.1, -0.05) is 6.07 Å². The second-order valence-electron chi connectivity index (χ2n) is 9.74. The van der Waals surface area contributed by atoms with Crippen LogP contribution in [0.2, 0.25) is 0 Å². The Kier molecular flexibility index (Phi) is 4.36. The Morgan fingerprint density at radius 3 is 2.18 bits per heavy atom. The first kappa shape index (κ1) is 18.6. The van der Waals surface area contributed by atoms with Crippen molar-refractivity contribution in [3.05, 3.63) is 29.3 Å². The number of hydrogen-bond donors (Lipinski definition) is 1. The van der Waals surface area contributed by atoms with Crippen molar-refractivity contribution in [2.75, 3.05) is 13.1 Å². The van der Waals surface area contributed by atoms with E-state index < -0.39 is 10.0 Å². The molecule has 152 valence electrons. The zero-order valence-corrected chi connectivity index (χ0v) is 17.4. The van der Waals surface area contributed by atoms with Crippen LogP contribution in [0.25, 0.3) is 0 Å². The van der Waals surface area contributed by atoms with Crippen LogP contribution in [0.1, 0.15) is 67.3 Å². The van der Waals surface area contributed by atoms with Gasteiger partial charge in [0.2, 0.25) is 10.0 Å². The number of hydrogen-bond acceptors (Lipinski definition) is 3. The molecule has 1 aliphatic heterocycles. The number of sulfonamides is 1. The molecule has 4 aliphatic carbocycles. The highest BCUT2D eigenvalue weighted by Crippen LogP contribution is 2.55. The lowest BCUT2D eigenvalue weighted by atomic mass is 9.53. The van der Waals surface area contributed by atoms with Crippen molar-refractivity contribution in [1.29, 1.82) is 0 Å². The van der Waals surface area contributed by atoms with Crippen LogP contribution in [0.3, 0.4) is 0 Å². The van der Waals surface area contributed by atoms with E-state index in [1.165, 1.54) is 19.3 Å². The molecule has 5 fully saturated rings. The Hall–Kier alpha value is -1.40. The van der Waals surface area contributed by atoms with Gasteiger partial charge < -0.3 is 5.32 Å². The molecule has 1 aromatic rings. The van der Waals surface area contributed by atoms with E-state index in [9.17, 15) is 13.2 Å². The molecule has 5 nitrogen and oxygen atoms in total. The third-order valence-electron chi connectivity index (χ3n) is 7.57. The summed E-state index contributed by atoms with van der Waals surface area (Å²) in [6, 6.07) is 5.01. The predicted molar refractivity (Wildman–Crippen MR) is 108 cm³/mol. The van der Waals surface area contributed by atoms with Gasteiger partial charge in [0.1, 0.15) is 0 Å². The van der Waals surface area contributed by atoms with E-state index in [-0.39, 0.29) is 16.3 Å². The minimum absolute atomic E-state index is 0.0674. The zero-order chi connectivity index (χ0) is 19.5. The van der Waals surface area contributed by atoms with E-state index in [2.05, 4.69) is 5.32 Å². The number of nitrogens with zero attached hydrogens (tertiary/aromatic N) is 1. The molecule has 1 aromatic carbocycles. The lowest BCUT2D eigenvalue weighted by Gasteiger charge is -2.56. The molecule has 1 heterocycles. The number of rotatable bonds is 4. The van der Waals surface area contributed by atoms with Crippen molar-refractivity contribution in [2.45, 2.75) is 68.7 Å². The number of benzene rings is 1. The SMILES string of the molecule is Cc1ccc(S(=O)(=O)N2CCCC2)cc1C(=O)NC12CC3CC(CC(C3)C1)C2. The topological polar surface area (TPSA) is 66.5 Å². The Morgan fingerprint density at radius 1 is 1.04 bits per heavy atom. The highest BCUT2D eigenvalue weighted by molar-refractivity contribution is 7.89. The Bertz CT molecular complexity index is 867. The molecular formula is C22H30N2O3S. The minimum Gasteiger partial charge on any atom is -0.347 e. The average Bonchev–Trinajstić information content (AvgIpc) is 3.15. The number of carbonyl (C=O) groups excluding carboxylic acids is 1. The molecule has 4 bridgehead atoms. The zero-order valence-electron chi connectivity index (χ0n) is 16.6. The van der Waals surface area contributed by atoms with E-state index in [1.807, 2.05) is 6.92 Å². The van der Waals surface area contributed by atoms with Crippen molar-refractivity contribution < 1.29 is 13.2 Å². The van der Waals surface area contributed by atoms with Gasteiger partial charge >= 0.3 is 0 Å². The van der Waals surface area contributed by atoms with Gasteiger partial charge in [0.25, 0.3) is 5.91 Å². The summed E-state index contributed by atoms with van der Waals surface area (Å²) in [6.07, 6.45) is 9.09. The van der Waals surface area contributed by atoms with Crippen LogP contribution in [-0.4, -0.2) is 37.3 Å². The molecule has 28 heavy (non-hydrogen) atoms. The molecule has 0 unspecified atom stereocenters. The highest BCUT2D eigenvalue weighted by Gasteiger charge is 2.51. The van der Waals surface area contributed by atoms with Crippen molar-refractivity contribution in [1.82, 2.24) is 9.62 Å². The highest BCUT2D eigenvalue weighted by atomic mass is 32.2. The molecule has 0 spiro atoms. The fraction of sp³-hybridized carbons (Fsp3) is 0.682. The monoisotopic (exact) mass is 402 g/mol. The first-order valence-electron chi connectivity index (χ1n) is 10.8. The average molecular weight is 403 g/mol. The number of amides is 1. The maximum absolute atomic E-state index is 13.2. The molecule has 4 saturated carbocycles. The van der Waals surface area contributed by atoms with E-state index >= 15 is 0 Å². The lowest BCUT2D eigenvalue weighted by Crippen LogP contribution is -2.59. The summed E-state index contributed by atoms with van der Waals surface area (Å²) in [5.74, 6) is 2.18. The van der Waals surface area contributed by atoms with Gasteiger partial charge in [0.05, 0.1) is 4.90 Å². The molecule has 6 rings (SSSR count). The predicted octanol–water partition coefficient (Wildman–Crippen LogP) is 3.48. The van der Waals surface area contributed by atoms with Crippen LogP contribution in [0, 0.1) is 24.7 Å². The molecule has 5 aliphatic rings.